The molecule has 1 N–H and O–H groups in total. The van der Waals surface area contributed by atoms with Crippen molar-refractivity contribution in [3.63, 3.8) is 0 Å². The summed E-state index contributed by atoms with van der Waals surface area (Å²) in [7, 11) is 1.91. The smallest absolute Gasteiger partial charge is 0.193 e. The fourth-order valence-electron chi connectivity index (χ4n) is 5.03. The van der Waals surface area contributed by atoms with Crippen molar-refractivity contribution < 1.29 is 9.47 Å². The predicted octanol–water partition coefficient (Wildman–Crippen LogP) is 2.48. The van der Waals surface area contributed by atoms with Crippen LogP contribution in [0.3, 0.4) is 0 Å². The molecule has 0 bridgehead atoms. The Morgan fingerprint density at radius 3 is 2.60 bits per heavy atom. The molecule has 0 aromatic heterocycles. The molecule has 0 amide bonds. The Hall–Kier alpha value is -0.900. The van der Waals surface area contributed by atoms with Crippen LogP contribution in [0.25, 0.3) is 0 Å². The number of rotatable bonds is 6. The van der Waals surface area contributed by atoms with Gasteiger partial charge in [-0.3, -0.25) is 9.89 Å². The molecule has 30 heavy (non-hydrogen) atoms. The third kappa shape index (κ3) is 6.31. The zero-order chi connectivity index (χ0) is 19.9. The fourth-order valence-corrected chi connectivity index (χ4v) is 5.03. The van der Waals surface area contributed by atoms with Crippen molar-refractivity contribution in [3.05, 3.63) is 35.9 Å². The minimum absolute atomic E-state index is 0. The largest absolute Gasteiger partial charge is 0.381 e. The number of likely N-dealkylation sites (tertiary alicyclic amines) is 1. The number of halogens is 1. The van der Waals surface area contributed by atoms with E-state index < -0.39 is 0 Å². The quantitative estimate of drug-likeness (QED) is 0.350. The second-order valence-electron chi connectivity index (χ2n) is 8.56. The Morgan fingerprint density at radius 2 is 1.90 bits per heavy atom. The van der Waals surface area contributed by atoms with Crippen LogP contribution in [0.1, 0.15) is 18.4 Å². The third-order valence-corrected chi connectivity index (χ3v) is 6.66. The Bertz CT molecular complexity index is 648. The maximum absolute atomic E-state index is 5.71. The molecule has 0 radical (unpaired) electrons. The molecule has 3 aliphatic heterocycles. The Morgan fingerprint density at radius 1 is 1.10 bits per heavy atom. The molecule has 168 valence electrons. The van der Waals surface area contributed by atoms with Gasteiger partial charge in [-0.2, -0.15) is 0 Å². The number of nitrogens with one attached hydrogen (secondary N) is 1. The Kier molecular flexibility index (Phi) is 9.67. The van der Waals surface area contributed by atoms with E-state index in [4.69, 9.17) is 9.47 Å². The standard InChI is InChI=1S/C23H36N4O2.HI/c1-24-23(27-9-7-20(17-27)15-19-5-3-2-4-6-19)25-16-22(21-8-12-29-18-21)26-10-13-28-14-11-26;/h2-6,20-22H,7-18H2,1H3,(H,24,25);1H. The van der Waals surface area contributed by atoms with Gasteiger partial charge in [0.15, 0.2) is 5.96 Å². The molecule has 1 aromatic carbocycles. The molecule has 3 aliphatic rings. The maximum atomic E-state index is 5.71. The summed E-state index contributed by atoms with van der Waals surface area (Å²) in [6.07, 6.45) is 3.55. The van der Waals surface area contributed by atoms with Crippen molar-refractivity contribution in [2.45, 2.75) is 25.3 Å². The average molecular weight is 528 g/mol. The van der Waals surface area contributed by atoms with E-state index in [1.54, 1.807) is 0 Å². The van der Waals surface area contributed by atoms with E-state index in [0.717, 1.165) is 78.0 Å². The lowest BCUT2D eigenvalue weighted by Gasteiger charge is -2.38. The van der Waals surface area contributed by atoms with E-state index in [1.807, 2.05) is 7.05 Å². The lowest BCUT2D eigenvalue weighted by Crippen LogP contribution is -2.54. The van der Waals surface area contributed by atoms with Gasteiger partial charge < -0.3 is 19.7 Å². The molecule has 6 nitrogen and oxygen atoms in total. The SMILES string of the molecule is CN=C(NCC(C1CCOC1)N1CCOCC1)N1CCC(Cc2ccccc2)C1.I. The van der Waals surface area contributed by atoms with E-state index in [-0.39, 0.29) is 24.0 Å². The van der Waals surface area contributed by atoms with Crippen LogP contribution in [0, 0.1) is 11.8 Å². The molecule has 3 heterocycles. The molecular formula is C23H37IN4O2. The summed E-state index contributed by atoms with van der Waals surface area (Å²) in [6, 6.07) is 11.3. The summed E-state index contributed by atoms with van der Waals surface area (Å²) >= 11 is 0. The second-order valence-corrected chi connectivity index (χ2v) is 8.56. The number of hydrogen-bond donors (Lipinski definition) is 1. The molecule has 3 atom stereocenters. The minimum Gasteiger partial charge on any atom is -0.381 e. The van der Waals surface area contributed by atoms with E-state index in [2.05, 4.69) is 50.4 Å². The first-order valence-corrected chi connectivity index (χ1v) is 11.2. The van der Waals surface area contributed by atoms with Crippen LogP contribution in [-0.2, 0) is 15.9 Å². The highest BCUT2D eigenvalue weighted by atomic mass is 127. The molecule has 3 fully saturated rings. The van der Waals surface area contributed by atoms with Gasteiger partial charge in [0.25, 0.3) is 0 Å². The molecule has 4 rings (SSSR count). The van der Waals surface area contributed by atoms with E-state index in [1.165, 1.54) is 12.0 Å². The van der Waals surface area contributed by atoms with Gasteiger partial charge in [-0.15, -0.1) is 24.0 Å². The minimum atomic E-state index is 0. The van der Waals surface area contributed by atoms with Gasteiger partial charge in [-0.25, -0.2) is 0 Å². The van der Waals surface area contributed by atoms with Gasteiger partial charge >= 0.3 is 0 Å². The van der Waals surface area contributed by atoms with Crippen molar-refractivity contribution in [1.82, 2.24) is 15.1 Å². The average Bonchev–Trinajstić information content (AvgIpc) is 3.45. The zero-order valence-corrected chi connectivity index (χ0v) is 20.5. The second kappa shape index (κ2) is 12.2. The molecule has 0 aliphatic carbocycles. The van der Waals surface area contributed by atoms with Crippen LogP contribution in [0.2, 0.25) is 0 Å². The number of ether oxygens (including phenoxy) is 2. The van der Waals surface area contributed by atoms with Crippen LogP contribution in [0.4, 0.5) is 0 Å². The normalized spacial score (nSPS) is 26.4. The van der Waals surface area contributed by atoms with Crippen molar-refractivity contribution >= 4 is 29.9 Å². The van der Waals surface area contributed by atoms with Crippen molar-refractivity contribution in [1.29, 1.82) is 0 Å². The number of benzene rings is 1. The molecule has 3 saturated heterocycles. The number of nitrogens with zero attached hydrogens (tertiary/aromatic N) is 3. The summed E-state index contributed by atoms with van der Waals surface area (Å²) in [5, 5.41) is 3.71. The van der Waals surface area contributed by atoms with Crippen LogP contribution in [0.5, 0.6) is 0 Å². The highest BCUT2D eigenvalue weighted by Gasteiger charge is 2.32. The lowest BCUT2D eigenvalue weighted by molar-refractivity contribution is 0.00236. The topological polar surface area (TPSA) is 49.3 Å². The van der Waals surface area contributed by atoms with Crippen molar-refractivity contribution in [3.8, 4) is 0 Å². The molecule has 0 spiro atoms. The lowest BCUT2D eigenvalue weighted by atomic mass is 9.97. The zero-order valence-electron chi connectivity index (χ0n) is 18.2. The van der Waals surface area contributed by atoms with E-state index in [0.29, 0.717) is 17.9 Å². The molecule has 1 aromatic rings. The Balaban J connectivity index is 0.00000256. The highest BCUT2D eigenvalue weighted by Crippen LogP contribution is 2.23. The molecule has 0 saturated carbocycles. The Labute approximate surface area is 198 Å². The number of hydrogen-bond acceptors (Lipinski definition) is 4. The first kappa shape index (κ1) is 23.8. The van der Waals surface area contributed by atoms with Crippen LogP contribution >= 0.6 is 24.0 Å². The number of guanidine groups is 1. The van der Waals surface area contributed by atoms with E-state index >= 15 is 0 Å². The summed E-state index contributed by atoms with van der Waals surface area (Å²) in [6.45, 7) is 8.60. The first-order valence-electron chi connectivity index (χ1n) is 11.2. The molecular weight excluding hydrogens is 491 g/mol. The first-order chi connectivity index (χ1) is 14.3. The molecule has 7 heteroatoms. The van der Waals surface area contributed by atoms with Gasteiger partial charge in [0.1, 0.15) is 0 Å². The number of morpholine rings is 1. The van der Waals surface area contributed by atoms with Gasteiger partial charge in [-0.05, 0) is 30.7 Å². The summed E-state index contributed by atoms with van der Waals surface area (Å²) < 4.78 is 11.3. The van der Waals surface area contributed by atoms with Crippen LogP contribution < -0.4 is 5.32 Å². The van der Waals surface area contributed by atoms with Gasteiger partial charge in [0.05, 0.1) is 19.8 Å². The van der Waals surface area contributed by atoms with Gasteiger partial charge in [0.2, 0.25) is 0 Å². The summed E-state index contributed by atoms with van der Waals surface area (Å²) in [4.78, 5) is 9.64. The summed E-state index contributed by atoms with van der Waals surface area (Å²) in [5.74, 6) is 2.36. The van der Waals surface area contributed by atoms with Crippen LogP contribution in [0.15, 0.2) is 35.3 Å². The highest BCUT2D eigenvalue weighted by molar-refractivity contribution is 14.0. The third-order valence-electron chi connectivity index (χ3n) is 6.66. The predicted molar refractivity (Wildman–Crippen MR) is 132 cm³/mol. The van der Waals surface area contributed by atoms with Gasteiger partial charge in [-0.1, -0.05) is 30.3 Å². The molecule has 3 unspecified atom stereocenters. The maximum Gasteiger partial charge on any atom is 0.193 e. The van der Waals surface area contributed by atoms with Crippen molar-refractivity contribution in [2.75, 3.05) is 66.2 Å². The van der Waals surface area contributed by atoms with Crippen molar-refractivity contribution in [2.24, 2.45) is 16.8 Å². The monoisotopic (exact) mass is 528 g/mol. The number of aliphatic imine (C=N–C) groups is 1. The fraction of sp³-hybridized carbons (Fsp3) is 0.696. The van der Waals surface area contributed by atoms with Crippen LogP contribution in [-0.4, -0.2) is 88.0 Å². The van der Waals surface area contributed by atoms with E-state index in [9.17, 15) is 0 Å². The summed E-state index contributed by atoms with van der Waals surface area (Å²) in [5.41, 5.74) is 1.44. The van der Waals surface area contributed by atoms with Gasteiger partial charge in [0, 0.05) is 58.3 Å².